The molecule has 3 aliphatic heterocycles. The van der Waals surface area contributed by atoms with Gasteiger partial charge in [-0.15, -0.1) is 0 Å². The summed E-state index contributed by atoms with van der Waals surface area (Å²) in [5.74, 6) is 0. The van der Waals surface area contributed by atoms with E-state index in [0.717, 1.165) is 26.0 Å². The number of ether oxygens (including phenoxy) is 1. The van der Waals surface area contributed by atoms with E-state index in [-0.39, 0.29) is 17.8 Å². The van der Waals surface area contributed by atoms with E-state index >= 15 is 0 Å². The molecule has 1 unspecified atom stereocenters. The van der Waals surface area contributed by atoms with E-state index in [1.165, 1.54) is 18.4 Å². The molecule has 5 atom stereocenters. The number of hydrogen-bond acceptors (Lipinski definition) is 4. The van der Waals surface area contributed by atoms with Gasteiger partial charge in [-0.1, -0.05) is 37.3 Å². The smallest absolute Gasteiger partial charge is 0.260 e. The summed E-state index contributed by atoms with van der Waals surface area (Å²) in [5, 5.41) is 0. The maximum absolute atomic E-state index is 6.57. The van der Waals surface area contributed by atoms with Crippen LogP contribution in [0.1, 0.15) is 45.1 Å². The third kappa shape index (κ3) is 2.75. The third-order valence-electron chi connectivity index (χ3n) is 5.46. The molecule has 0 N–H and O–H groups in total. The van der Waals surface area contributed by atoms with E-state index in [1.54, 1.807) is 0 Å². The van der Waals surface area contributed by atoms with Crippen LogP contribution in [0.25, 0.3) is 0 Å². The lowest BCUT2D eigenvalue weighted by Crippen LogP contribution is -2.36. The first-order valence-corrected chi connectivity index (χ1v) is 9.95. The number of hydrogen-bond donors (Lipinski definition) is 0. The summed E-state index contributed by atoms with van der Waals surface area (Å²) < 4.78 is 21.3. The van der Waals surface area contributed by atoms with Gasteiger partial charge in [0.05, 0.1) is 18.2 Å². The average molecular weight is 335 g/mol. The summed E-state index contributed by atoms with van der Waals surface area (Å²) >= 11 is 0. The predicted octanol–water partition coefficient (Wildman–Crippen LogP) is 4.21. The Hall–Kier alpha value is -0.510. The lowest BCUT2D eigenvalue weighted by Gasteiger charge is -2.29. The highest BCUT2D eigenvalue weighted by molar-refractivity contribution is 7.45. The maximum Gasteiger partial charge on any atom is 0.260 e. The van der Waals surface area contributed by atoms with Gasteiger partial charge in [0.15, 0.2) is 0 Å². The van der Waals surface area contributed by atoms with E-state index in [1.807, 2.05) is 0 Å². The predicted molar refractivity (Wildman–Crippen MR) is 91.0 cm³/mol. The van der Waals surface area contributed by atoms with Gasteiger partial charge in [-0.25, -0.2) is 4.67 Å². The summed E-state index contributed by atoms with van der Waals surface area (Å²) in [6, 6.07) is 11.1. The van der Waals surface area contributed by atoms with Gasteiger partial charge in [0, 0.05) is 13.2 Å². The van der Waals surface area contributed by atoms with Gasteiger partial charge in [0.2, 0.25) is 0 Å². The van der Waals surface area contributed by atoms with Crippen LogP contribution in [0.4, 0.5) is 0 Å². The van der Waals surface area contributed by atoms with Crippen LogP contribution in [0, 0.1) is 0 Å². The number of nitrogens with zero attached hydrogens (tertiary/aromatic N) is 1. The van der Waals surface area contributed by atoms with E-state index < -0.39 is 8.53 Å². The Bertz CT molecular complexity index is 542. The van der Waals surface area contributed by atoms with Crippen molar-refractivity contribution in [1.82, 2.24) is 4.67 Å². The van der Waals surface area contributed by atoms with E-state index in [0.29, 0.717) is 6.04 Å². The molecule has 126 valence electrons. The second kappa shape index (κ2) is 6.42. The minimum atomic E-state index is -0.987. The molecule has 0 radical (unpaired) electrons. The largest absolute Gasteiger partial charge is 0.375 e. The molecule has 0 aliphatic carbocycles. The Labute approximate surface area is 140 Å². The Morgan fingerprint density at radius 1 is 1.30 bits per heavy atom. The topological polar surface area (TPSA) is 30.9 Å². The second-order valence-electron chi connectivity index (χ2n) is 6.87. The molecule has 4 rings (SSSR count). The van der Waals surface area contributed by atoms with Crippen molar-refractivity contribution < 1.29 is 13.8 Å². The van der Waals surface area contributed by atoms with Crippen molar-refractivity contribution in [3.05, 3.63) is 35.9 Å². The van der Waals surface area contributed by atoms with Gasteiger partial charge in [-0.2, -0.15) is 0 Å². The number of fused-ring (bicyclic) bond motifs is 1. The third-order valence-corrected chi connectivity index (χ3v) is 7.35. The molecule has 0 spiro atoms. The zero-order valence-corrected chi connectivity index (χ0v) is 14.9. The quantitative estimate of drug-likeness (QED) is 0.772. The van der Waals surface area contributed by atoms with Crippen molar-refractivity contribution >= 4 is 8.53 Å². The molecular weight excluding hydrogens is 309 g/mol. The van der Waals surface area contributed by atoms with Gasteiger partial charge in [0.1, 0.15) is 5.60 Å². The van der Waals surface area contributed by atoms with Crippen molar-refractivity contribution in [3.63, 3.8) is 0 Å². The van der Waals surface area contributed by atoms with Gasteiger partial charge >= 0.3 is 0 Å². The summed E-state index contributed by atoms with van der Waals surface area (Å²) in [4.78, 5) is 0. The highest BCUT2D eigenvalue weighted by atomic mass is 31.2. The molecule has 1 aromatic carbocycles. The Balaban J connectivity index is 1.56. The normalized spacial score (nSPS) is 40.6. The van der Waals surface area contributed by atoms with Crippen molar-refractivity contribution in [2.24, 2.45) is 0 Å². The molecule has 3 fully saturated rings. The molecule has 3 aliphatic rings. The fourth-order valence-electron chi connectivity index (χ4n) is 4.12. The SMILES string of the molecule is CC[C@H]1OCCC1O[P@@]1O[C@](C)(c2ccccc2)[C@@H]2CCCN21. The Morgan fingerprint density at radius 2 is 2.13 bits per heavy atom. The molecule has 0 bridgehead atoms. The number of rotatable bonds is 4. The molecule has 3 saturated heterocycles. The highest BCUT2D eigenvalue weighted by Gasteiger charge is 2.55. The van der Waals surface area contributed by atoms with Crippen LogP contribution in [0.15, 0.2) is 30.3 Å². The van der Waals surface area contributed by atoms with Crippen LogP contribution in [-0.2, 0) is 19.4 Å². The molecule has 4 nitrogen and oxygen atoms in total. The Morgan fingerprint density at radius 3 is 2.91 bits per heavy atom. The van der Waals surface area contributed by atoms with Crippen LogP contribution >= 0.6 is 8.53 Å². The first kappa shape index (κ1) is 16.0. The summed E-state index contributed by atoms with van der Waals surface area (Å²) in [5.41, 5.74) is 1.00. The van der Waals surface area contributed by atoms with Crippen LogP contribution in [0.2, 0.25) is 0 Å². The molecule has 23 heavy (non-hydrogen) atoms. The molecule has 0 amide bonds. The monoisotopic (exact) mass is 335 g/mol. The van der Waals surface area contributed by atoms with E-state index in [9.17, 15) is 0 Å². The van der Waals surface area contributed by atoms with E-state index in [4.69, 9.17) is 13.8 Å². The van der Waals surface area contributed by atoms with Crippen LogP contribution in [0.5, 0.6) is 0 Å². The first-order chi connectivity index (χ1) is 11.2. The highest BCUT2D eigenvalue weighted by Crippen LogP contribution is 2.63. The van der Waals surface area contributed by atoms with Crippen LogP contribution in [0.3, 0.4) is 0 Å². The van der Waals surface area contributed by atoms with Gasteiger partial charge in [-0.3, -0.25) is 0 Å². The minimum absolute atomic E-state index is 0.186. The average Bonchev–Trinajstić information content (AvgIpc) is 3.28. The van der Waals surface area contributed by atoms with Crippen LogP contribution in [-0.4, -0.2) is 36.1 Å². The zero-order valence-electron chi connectivity index (χ0n) is 14.0. The molecular formula is C18H26NO3P. The fourth-order valence-corrected chi connectivity index (χ4v) is 6.29. The van der Waals surface area contributed by atoms with Crippen molar-refractivity contribution in [3.8, 4) is 0 Å². The standard InChI is InChI=1S/C18H26NO3P/c1-3-15-16(11-13-20-15)21-23-19-12-7-10-17(19)18(2,22-23)14-8-5-4-6-9-14/h4-6,8-9,15-17H,3,7,10-13H2,1-2H3/t15-,16?,17+,18-,23+/m1/s1. The lowest BCUT2D eigenvalue weighted by atomic mass is 9.87. The number of benzene rings is 1. The van der Waals surface area contributed by atoms with E-state index in [2.05, 4.69) is 48.8 Å². The van der Waals surface area contributed by atoms with Gasteiger partial charge < -0.3 is 13.8 Å². The molecule has 1 aromatic rings. The lowest BCUT2D eigenvalue weighted by molar-refractivity contribution is 0.0374. The molecule has 3 heterocycles. The minimum Gasteiger partial charge on any atom is -0.375 e. The summed E-state index contributed by atoms with van der Waals surface area (Å²) in [7, 11) is -0.987. The van der Waals surface area contributed by atoms with Crippen molar-refractivity contribution in [2.45, 2.75) is 63.4 Å². The summed E-state index contributed by atoms with van der Waals surface area (Å²) in [6.45, 7) is 6.30. The molecule has 0 aromatic heterocycles. The van der Waals surface area contributed by atoms with Crippen molar-refractivity contribution in [1.29, 1.82) is 0 Å². The van der Waals surface area contributed by atoms with Crippen LogP contribution < -0.4 is 0 Å². The Kier molecular flexibility index (Phi) is 4.46. The molecule has 0 saturated carbocycles. The summed E-state index contributed by atoms with van der Waals surface area (Å²) in [6.07, 6.45) is 4.83. The fraction of sp³-hybridized carbons (Fsp3) is 0.667. The van der Waals surface area contributed by atoms with Gasteiger partial charge in [0.25, 0.3) is 8.53 Å². The van der Waals surface area contributed by atoms with Crippen molar-refractivity contribution in [2.75, 3.05) is 13.2 Å². The molecule has 5 heteroatoms. The first-order valence-electron chi connectivity index (χ1n) is 8.82. The van der Waals surface area contributed by atoms with Gasteiger partial charge in [-0.05, 0) is 38.2 Å². The second-order valence-corrected chi connectivity index (χ2v) is 8.26. The zero-order chi connectivity index (χ0) is 15.9. The maximum atomic E-state index is 6.57.